The van der Waals surface area contributed by atoms with E-state index in [1.54, 1.807) is 0 Å². The zero-order valence-corrected chi connectivity index (χ0v) is 11.9. The van der Waals surface area contributed by atoms with Gasteiger partial charge in [-0.25, -0.2) is 19.5 Å². The average Bonchev–Trinajstić information content (AvgIpc) is 3.01. The summed E-state index contributed by atoms with van der Waals surface area (Å²) in [5, 5.41) is 10.4. The van der Waals surface area contributed by atoms with E-state index in [4.69, 9.17) is 15.0 Å². The van der Waals surface area contributed by atoms with Crippen LogP contribution >= 0.6 is 7.82 Å². The molecular weight excluding hydrogens is 317 g/mol. The SMILES string of the molecule is Nc1ncnc2c1ncn2[C@@H]1O[C@H]2COP(=O)(O)O[C@@H]2[C@H]1O. The highest BCUT2D eigenvalue weighted by atomic mass is 31.2. The Balaban J connectivity index is 1.71. The Morgan fingerprint density at radius 3 is 3.05 bits per heavy atom. The van der Waals surface area contributed by atoms with Gasteiger partial charge < -0.3 is 20.5 Å². The molecule has 2 fully saturated rings. The Labute approximate surface area is 123 Å². The predicted molar refractivity (Wildman–Crippen MR) is 70.3 cm³/mol. The number of aromatic nitrogens is 4. The molecule has 0 amide bonds. The van der Waals surface area contributed by atoms with Crippen molar-refractivity contribution in [2.24, 2.45) is 0 Å². The average molecular weight is 329 g/mol. The number of ether oxygens (including phenoxy) is 1. The fraction of sp³-hybridized carbons (Fsp3) is 0.500. The monoisotopic (exact) mass is 329 g/mol. The van der Waals surface area contributed by atoms with Crippen molar-refractivity contribution in [3.63, 3.8) is 0 Å². The molecule has 1 unspecified atom stereocenters. The summed E-state index contributed by atoms with van der Waals surface area (Å²) in [5.74, 6) is 0.202. The van der Waals surface area contributed by atoms with Gasteiger partial charge in [0.05, 0.1) is 12.9 Å². The van der Waals surface area contributed by atoms with E-state index in [9.17, 15) is 14.6 Å². The number of hydrogen-bond donors (Lipinski definition) is 3. The first-order valence-electron chi connectivity index (χ1n) is 6.38. The van der Waals surface area contributed by atoms with Gasteiger partial charge >= 0.3 is 7.82 Å². The number of phosphoric acid groups is 1. The van der Waals surface area contributed by atoms with Crippen LogP contribution in [0.4, 0.5) is 5.82 Å². The summed E-state index contributed by atoms with van der Waals surface area (Å²) in [5.41, 5.74) is 6.46. The lowest BCUT2D eigenvalue weighted by Crippen LogP contribution is -2.39. The third-order valence-electron chi connectivity index (χ3n) is 3.63. The summed E-state index contributed by atoms with van der Waals surface area (Å²) in [6.07, 6.45) is -1.07. The first kappa shape index (κ1) is 14.0. The zero-order valence-electron chi connectivity index (χ0n) is 11.0. The van der Waals surface area contributed by atoms with E-state index in [0.29, 0.717) is 11.2 Å². The van der Waals surface area contributed by atoms with Crippen LogP contribution in [-0.2, 0) is 18.3 Å². The fourth-order valence-electron chi connectivity index (χ4n) is 2.62. The summed E-state index contributed by atoms with van der Waals surface area (Å²) in [6.45, 7) is -0.157. The van der Waals surface area contributed by atoms with E-state index in [0.717, 1.165) is 0 Å². The predicted octanol–water partition coefficient (Wildman–Crippen LogP) is -0.817. The van der Waals surface area contributed by atoms with Gasteiger partial charge in [-0.05, 0) is 0 Å². The van der Waals surface area contributed by atoms with E-state index in [1.165, 1.54) is 17.2 Å². The summed E-state index contributed by atoms with van der Waals surface area (Å²) in [6, 6.07) is 0. The van der Waals surface area contributed by atoms with Gasteiger partial charge in [-0.3, -0.25) is 13.6 Å². The van der Waals surface area contributed by atoms with Crippen molar-refractivity contribution >= 4 is 24.8 Å². The molecule has 0 radical (unpaired) electrons. The number of imidazole rings is 1. The highest BCUT2D eigenvalue weighted by Crippen LogP contribution is 2.52. The second-order valence-electron chi connectivity index (χ2n) is 4.97. The van der Waals surface area contributed by atoms with E-state index in [1.807, 2.05) is 0 Å². The molecule has 118 valence electrons. The maximum Gasteiger partial charge on any atom is 0.472 e. The minimum atomic E-state index is -4.16. The number of nitrogens with two attached hydrogens (primary N) is 1. The largest absolute Gasteiger partial charge is 0.472 e. The highest BCUT2D eigenvalue weighted by molar-refractivity contribution is 7.47. The molecule has 2 aliphatic heterocycles. The van der Waals surface area contributed by atoms with Crippen LogP contribution in [0.2, 0.25) is 0 Å². The highest BCUT2D eigenvalue weighted by Gasteiger charge is 2.52. The Kier molecular flexibility index (Phi) is 2.98. The van der Waals surface area contributed by atoms with E-state index in [2.05, 4.69) is 19.5 Å². The summed E-state index contributed by atoms with van der Waals surface area (Å²) >= 11 is 0. The topological polar surface area (TPSA) is 155 Å². The minimum Gasteiger partial charge on any atom is -0.386 e. The summed E-state index contributed by atoms with van der Waals surface area (Å²) in [7, 11) is -4.16. The maximum absolute atomic E-state index is 11.5. The summed E-state index contributed by atoms with van der Waals surface area (Å²) in [4.78, 5) is 21.3. The lowest BCUT2D eigenvalue weighted by atomic mass is 10.1. The zero-order chi connectivity index (χ0) is 15.5. The van der Waals surface area contributed by atoms with E-state index in [-0.39, 0.29) is 12.4 Å². The molecule has 4 heterocycles. The minimum absolute atomic E-state index is 0.157. The first-order valence-corrected chi connectivity index (χ1v) is 7.88. The summed E-state index contributed by atoms with van der Waals surface area (Å²) < 4.78 is 28.2. The van der Waals surface area contributed by atoms with Crippen molar-refractivity contribution in [3.05, 3.63) is 12.7 Å². The number of nitrogens with zero attached hydrogens (tertiary/aromatic N) is 4. The van der Waals surface area contributed by atoms with Crippen molar-refractivity contribution in [3.8, 4) is 0 Å². The third kappa shape index (κ3) is 2.02. The van der Waals surface area contributed by atoms with Crippen LogP contribution in [-0.4, -0.2) is 54.4 Å². The molecule has 2 aliphatic rings. The van der Waals surface area contributed by atoms with Gasteiger partial charge in [-0.1, -0.05) is 0 Å². The van der Waals surface area contributed by atoms with E-state index < -0.39 is 32.4 Å². The lowest BCUT2D eigenvalue weighted by molar-refractivity contribution is -0.0664. The van der Waals surface area contributed by atoms with Gasteiger partial charge in [0, 0.05) is 0 Å². The second-order valence-corrected chi connectivity index (χ2v) is 6.38. The molecule has 0 spiro atoms. The normalized spacial score (nSPS) is 38.3. The van der Waals surface area contributed by atoms with Crippen molar-refractivity contribution in [1.82, 2.24) is 19.5 Å². The number of hydrogen-bond acceptors (Lipinski definition) is 9. The Bertz CT molecular complexity index is 782. The number of nitrogen functional groups attached to an aromatic ring is 1. The molecule has 22 heavy (non-hydrogen) atoms. The van der Waals surface area contributed by atoms with Crippen LogP contribution in [0.5, 0.6) is 0 Å². The van der Waals surface area contributed by atoms with Gasteiger partial charge in [0.25, 0.3) is 0 Å². The molecule has 12 heteroatoms. The molecular formula is C10H12N5O6P. The first-order chi connectivity index (χ1) is 10.5. The standard InChI is InChI=1S/C10H12N5O6P/c11-8-5-9(13-2-12-8)15(3-14-5)10-6(16)7-4(20-10)1-19-22(17,18)21-7/h2-4,6-7,10,16H,1H2,(H,17,18)(H2,11,12,13)/t4-,6+,7-,10+/m0/s1. The molecule has 11 nitrogen and oxygen atoms in total. The van der Waals surface area contributed by atoms with Crippen molar-refractivity contribution in [2.45, 2.75) is 24.5 Å². The molecule has 0 aromatic carbocycles. The Hall–Kier alpha value is -1.62. The van der Waals surface area contributed by atoms with Gasteiger partial charge in [0.1, 0.15) is 30.2 Å². The number of phosphoric ester groups is 1. The van der Waals surface area contributed by atoms with Crippen LogP contribution < -0.4 is 5.73 Å². The van der Waals surface area contributed by atoms with Crippen LogP contribution in [0.25, 0.3) is 11.2 Å². The number of aliphatic hydroxyl groups is 1. The van der Waals surface area contributed by atoms with Gasteiger partial charge in [0.15, 0.2) is 17.7 Å². The molecule has 0 bridgehead atoms. The second kappa shape index (κ2) is 4.69. The van der Waals surface area contributed by atoms with Crippen LogP contribution in [0, 0.1) is 0 Å². The number of aliphatic hydroxyl groups excluding tert-OH is 1. The number of fused-ring (bicyclic) bond motifs is 2. The fourth-order valence-corrected chi connectivity index (χ4v) is 3.59. The lowest BCUT2D eigenvalue weighted by Gasteiger charge is -2.27. The van der Waals surface area contributed by atoms with Crippen LogP contribution in [0.1, 0.15) is 6.23 Å². The molecule has 5 atom stereocenters. The molecule has 2 saturated heterocycles. The number of anilines is 1. The van der Waals surface area contributed by atoms with Crippen molar-refractivity contribution < 1.29 is 28.3 Å². The van der Waals surface area contributed by atoms with Gasteiger partial charge in [0.2, 0.25) is 0 Å². The molecule has 2 aromatic heterocycles. The molecule has 0 saturated carbocycles. The Morgan fingerprint density at radius 1 is 1.41 bits per heavy atom. The molecule has 2 aromatic rings. The van der Waals surface area contributed by atoms with Crippen molar-refractivity contribution in [1.29, 1.82) is 0 Å². The van der Waals surface area contributed by atoms with Crippen LogP contribution in [0.15, 0.2) is 12.7 Å². The molecule has 4 rings (SSSR count). The van der Waals surface area contributed by atoms with Crippen molar-refractivity contribution in [2.75, 3.05) is 12.3 Å². The third-order valence-corrected chi connectivity index (χ3v) is 4.61. The van der Waals surface area contributed by atoms with E-state index >= 15 is 0 Å². The van der Waals surface area contributed by atoms with Crippen LogP contribution in [0.3, 0.4) is 0 Å². The smallest absolute Gasteiger partial charge is 0.386 e. The number of rotatable bonds is 1. The van der Waals surface area contributed by atoms with Gasteiger partial charge in [-0.15, -0.1) is 0 Å². The quantitative estimate of drug-likeness (QED) is 0.565. The maximum atomic E-state index is 11.5. The van der Waals surface area contributed by atoms with Gasteiger partial charge in [-0.2, -0.15) is 0 Å². The molecule has 4 N–H and O–H groups in total. The Morgan fingerprint density at radius 2 is 2.23 bits per heavy atom. The molecule has 0 aliphatic carbocycles.